The van der Waals surface area contributed by atoms with Crippen LogP contribution in [-0.2, 0) is 6.54 Å². The van der Waals surface area contributed by atoms with Gasteiger partial charge in [0.1, 0.15) is 0 Å². The molecule has 0 fully saturated rings. The number of hydrogen-bond acceptors (Lipinski definition) is 3. The van der Waals surface area contributed by atoms with E-state index in [1.165, 1.54) is 12.8 Å². The maximum Gasteiger partial charge on any atom is 0.0724 e. The molecule has 0 unspecified atom stereocenters. The van der Waals surface area contributed by atoms with Gasteiger partial charge >= 0.3 is 0 Å². The van der Waals surface area contributed by atoms with Gasteiger partial charge in [-0.1, -0.05) is 13.3 Å². The van der Waals surface area contributed by atoms with Crippen molar-refractivity contribution >= 4 is 0 Å². The number of aromatic nitrogens is 2. The molecule has 1 aromatic rings. The van der Waals surface area contributed by atoms with Crippen LogP contribution in [0.5, 0.6) is 0 Å². The van der Waals surface area contributed by atoms with E-state index in [4.69, 9.17) is 0 Å². The van der Waals surface area contributed by atoms with Crippen molar-refractivity contribution in [3.8, 4) is 0 Å². The highest BCUT2D eigenvalue weighted by atomic mass is 15.0. The van der Waals surface area contributed by atoms with Crippen molar-refractivity contribution in [1.29, 1.82) is 0 Å². The van der Waals surface area contributed by atoms with E-state index in [1.807, 2.05) is 0 Å². The summed E-state index contributed by atoms with van der Waals surface area (Å²) in [6, 6.07) is 0. The predicted octanol–water partition coefficient (Wildman–Crippen LogP) is 2.14. The Kier molecular flexibility index (Phi) is 4.01. The van der Waals surface area contributed by atoms with E-state index >= 15 is 0 Å². The summed E-state index contributed by atoms with van der Waals surface area (Å²) in [4.78, 5) is 8.25. The van der Waals surface area contributed by atoms with Crippen LogP contribution in [0.1, 0.15) is 39.3 Å². The lowest BCUT2D eigenvalue weighted by Gasteiger charge is -2.25. The smallest absolute Gasteiger partial charge is 0.0724 e. The van der Waals surface area contributed by atoms with Gasteiger partial charge in [-0.05, 0) is 20.3 Å². The molecular formula is C11H19N3. The summed E-state index contributed by atoms with van der Waals surface area (Å²) in [5.41, 5.74) is 1.18. The molecule has 0 aliphatic carbocycles. The maximum absolute atomic E-state index is 4.22. The van der Waals surface area contributed by atoms with Crippen LogP contribution in [-0.4, -0.2) is 15.5 Å². The molecule has 0 spiro atoms. The lowest BCUT2D eigenvalue weighted by molar-refractivity contribution is 0.354. The van der Waals surface area contributed by atoms with E-state index in [0.29, 0.717) is 0 Å². The van der Waals surface area contributed by atoms with Gasteiger partial charge in [0.05, 0.1) is 5.69 Å². The fourth-order valence-corrected chi connectivity index (χ4v) is 1.46. The van der Waals surface area contributed by atoms with Crippen molar-refractivity contribution in [1.82, 2.24) is 15.3 Å². The van der Waals surface area contributed by atoms with Gasteiger partial charge in [-0.3, -0.25) is 9.97 Å². The van der Waals surface area contributed by atoms with Crippen molar-refractivity contribution in [2.24, 2.45) is 0 Å². The molecular weight excluding hydrogens is 174 g/mol. The standard InChI is InChI=1S/C11H19N3/c1-4-5-11(2,3)14-9-10-8-12-6-7-13-10/h6-8,14H,4-5,9H2,1-3H3. The monoisotopic (exact) mass is 193 g/mol. The number of hydrogen-bond donors (Lipinski definition) is 1. The van der Waals surface area contributed by atoms with Gasteiger partial charge in [-0.25, -0.2) is 0 Å². The molecule has 0 aliphatic rings. The number of nitrogens with zero attached hydrogens (tertiary/aromatic N) is 2. The minimum atomic E-state index is 0.187. The Morgan fingerprint density at radius 3 is 2.71 bits per heavy atom. The first-order valence-electron chi connectivity index (χ1n) is 5.14. The SMILES string of the molecule is CCCC(C)(C)NCc1cnccn1. The molecule has 0 saturated heterocycles. The normalized spacial score (nSPS) is 11.6. The first-order valence-corrected chi connectivity index (χ1v) is 5.14. The van der Waals surface area contributed by atoms with Gasteiger partial charge in [-0.2, -0.15) is 0 Å². The van der Waals surface area contributed by atoms with E-state index in [-0.39, 0.29) is 5.54 Å². The van der Waals surface area contributed by atoms with Crippen LogP contribution in [0, 0.1) is 0 Å². The van der Waals surface area contributed by atoms with Crippen LogP contribution in [0.4, 0.5) is 0 Å². The van der Waals surface area contributed by atoms with Crippen LogP contribution in [0.3, 0.4) is 0 Å². The van der Waals surface area contributed by atoms with Crippen molar-refractivity contribution in [2.75, 3.05) is 0 Å². The quantitative estimate of drug-likeness (QED) is 0.778. The van der Waals surface area contributed by atoms with Crippen LogP contribution in [0.15, 0.2) is 18.6 Å². The Hall–Kier alpha value is -0.960. The van der Waals surface area contributed by atoms with Gasteiger partial charge in [-0.15, -0.1) is 0 Å². The molecule has 0 saturated carbocycles. The first-order chi connectivity index (χ1) is 6.64. The molecule has 14 heavy (non-hydrogen) atoms. The summed E-state index contributed by atoms with van der Waals surface area (Å²) in [6.45, 7) is 7.42. The van der Waals surface area contributed by atoms with Crippen molar-refractivity contribution in [3.63, 3.8) is 0 Å². The summed E-state index contributed by atoms with van der Waals surface area (Å²) >= 11 is 0. The molecule has 0 aliphatic heterocycles. The molecule has 3 heteroatoms. The van der Waals surface area contributed by atoms with E-state index in [1.54, 1.807) is 18.6 Å². The molecule has 1 N–H and O–H groups in total. The topological polar surface area (TPSA) is 37.8 Å². The summed E-state index contributed by atoms with van der Waals surface area (Å²) in [5.74, 6) is 0. The van der Waals surface area contributed by atoms with E-state index in [9.17, 15) is 0 Å². The molecule has 3 nitrogen and oxygen atoms in total. The Labute approximate surface area is 86.0 Å². The number of nitrogens with one attached hydrogen (secondary N) is 1. The molecule has 1 heterocycles. The second-order valence-corrected chi connectivity index (χ2v) is 4.18. The predicted molar refractivity (Wildman–Crippen MR) is 57.9 cm³/mol. The minimum Gasteiger partial charge on any atom is -0.306 e. The third-order valence-corrected chi connectivity index (χ3v) is 2.24. The van der Waals surface area contributed by atoms with Gasteiger partial charge in [0, 0.05) is 30.7 Å². The van der Waals surface area contributed by atoms with Gasteiger partial charge < -0.3 is 5.32 Å². The Morgan fingerprint density at radius 1 is 1.36 bits per heavy atom. The van der Waals surface area contributed by atoms with Gasteiger partial charge in [0.25, 0.3) is 0 Å². The highest BCUT2D eigenvalue weighted by molar-refractivity contribution is 4.95. The molecule has 0 bridgehead atoms. The van der Waals surface area contributed by atoms with Gasteiger partial charge in [0.15, 0.2) is 0 Å². The van der Waals surface area contributed by atoms with Crippen molar-refractivity contribution in [3.05, 3.63) is 24.3 Å². The maximum atomic E-state index is 4.22. The Balaban J connectivity index is 2.40. The lowest BCUT2D eigenvalue weighted by Crippen LogP contribution is -2.38. The zero-order chi connectivity index (χ0) is 10.4. The second kappa shape index (κ2) is 5.05. The fourth-order valence-electron chi connectivity index (χ4n) is 1.46. The van der Waals surface area contributed by atoms with E-state index in [2.05, 4.69) is 36.1 Å². The zero-order valence-electron chi connectivity index (χ0n) is 9.25. The third-order valence-electron chi connectivity index (χ3n) is 2.24. The zero-order valence-corrected chi connectivity index (χ0v) is 9.25. The van der Waals surface area contributed by atoms with Crippen molar-refractivity contribution < 1.29 is 0 Å². The minimum absolute atomic E-state index is 0.187. The van der Waals surface area contributed by atoms with Crippen LogP contribution in [0.25, 0.3) is 0 Å². The summed E-state index contributed by atoms with van der Waals surface area (Å²) in [7, 11) is 0. The van der Waals surface area contributed by atoms with E-state index in [0.717, 1.165) is 12.2 Å². The molecule has 0 amide bonds. The average molecular weight is 193 g/mol. The summed E-state index contributed by atoms with van der Waals surface area (Å²) in [6.07, 6.45) is 7.59. The first kappa shape index (κ1) is 11.1. The largest absolute Gasteiger partial charge is 0.306 e. The number of rotatable bonds is 5. The molecule has 1 aromatic heterocycles. The highest BCUT2D eigenvalue weighted by Gasteiger charge is 2.15. The molecule has 0 atom stereocenters. The van der Waals surface area contributed by atoms with Crippen LogP contribution < -0.4 is 5.32 Å². The second-order valence-electron chi connectivity index (χ2n) is 4.18. The fraction of sp³-hybridized carbons (Fsp3) is 0.636. The van der Waals surface area contributed by atoms with Crippen molar-refractivity contribution in [2.45, 2.75) is 45.7 Å². The van der Waals surface area contributed by atoms with Gasteiger partial charge in [0.2, 0.25) is 0 Å². The van der Waals surface area contributed by atoms with Crippen LogP contribution in [0.2, 0.25) is 0 Å². The highest BCUT2D eigenvalue weighted by Crippen LogP contribution is 2.11. The lowest BCUT2D eigenvalue weighted by atomic mass is 9.99. The molecule has 1 rings (SSSR count). The Bertz CT molecular complexity index is 256. The average Bonchev–Trinajstić information content (AvgIpc) is 2.17. The van der Waals surface area contributed by atoms with Crippen LogP contribution >= 0.6 is 0 Å². The van der Waals surface area contributed by atoms with E-state index < -0.39 is 0 Å². The summed E-state index contributed by atoms with van der Waals surface area (Å²) < 4.78 is 0. The third kappa shape index (κ3) is 3.83. The molecule has 78 valence electrons. The molecule has 0 aromatic carbocycles. The summed E-state index contributed by atoms with van der Waals surface area (Å²) in [5, 5.41) is 3.47. The molecule has 0 radical (unpaired) electrons. The Morgan fingerprint density at radius 2 is 2.14 bits per heavy atom.